The van der Waals surface area contributed by atoms with Crippen LogP contribution < -0.4 is 10.6 Å². The first-order valence-electron chi connectivity index (χ1n) is 13.8. The fourth-order valence-electron chi connectivity index (χ4n) is 7.66. The van der Waals surface area contributed by atoms with Gasteiger partial charge in [-0.05, 0) is 19.8 Å². The standard InChI is InChI=1S/C29H39BN4O6/c1-13-7-6-8-34(13)12-15-11-18(35)20-16(22(15)32(2)3)9-14-10-17-23(33(4)5)25(37)21(28(31)39)26(30)29(17,40)27(38)19(14)24(20)36/h11,13-14,17,23,30,35,37-38,40H,6-10,12H2,1-5H3,(H2,31,39)/t13-,14+,17+,23+,29-/m1/s1. The van der Waals surface area contributed by atoms with Gasteiger partial charge >= 0.3 is 216 Å². The second kappa shape index (κ2) is 9.75. The summed E-state index contributed by atoms with van der Waals surface area (Å²) >= 11 is 0. The Morgan fingerprint density at radius 2 is 1.90 bits per heavy atom. The van der Waals surface area contributed by atoms with Crippen LogP contribution in [0.25, 0.3) is 0 Å². The van der Waals surface area contributed by atoms with E-state index in [4.69, 9.17) is 5.73 Å². The molecule has 1 aliphatic heterocycles. The zero-order chi connectivity index (χ0) is 29.4. The summed E-state index contributed by atoms with van der Waals surface area (Å²) in [5, 5.41) is 45.9. The summed E-state index contributed by atoms with van der Waals surface area (Å²) in [5.74, 6) is -3.95. The number of carbonyl (C=O) groups is 2. The fraction of sp³-hybridized carbons (Fsp3) is 0.552. The molecule has 1 saturated heterocycles. The first-order valence-corrected chi connectivity index (χ1v) is 13.8. The molecule has 0 unspecified atom stereocenters. The molecule has 5 atom stereocenters. The molecule has 1 aromatic carbocycles. The molecule has 0 bridgehead atoms. The summed E-state index contributed by atoms with van der Waals surface area (Å²) in [6, 6.07) is 1.21. The molecule has 0 spiro atoms. The number of anilines is 1. The maximum absolute atomic E-state index is 14.1. The number of aromatic hydroxyl groups is 1. The van der Waals surface area contributed by atoms with Crippen LogP contribution in [0.15, 0.2) is 28.7 Å². The van der Waals surface area contributed by atoms with Crippen LogP contribution in [0.2, 0.25) is 0 Å². The van der Waals surface area contributed by atoms with Crippen molar-refractivity contribution in [3.05, 3.63) is 45.4 Å². The van der Waals surface area contributed by atoms with Gasteiger partial charge in [-0.25, -0.2) is 0 Å². The van der Waals surface area contributed by atoms with E-state index in [9.17, 15) is 30.0 Å². The van der Waals surface area contributed by atoms with Crippen molar-refractivity contribution in [2.75, 3.05) is 39.6 Å². The number of aliphatic hydroxyl groups is 3. The molecule has 3 aliphatic carbocycles. The summed E-state index contributed by atoms with van der Waals surface area (Å²) in [7, 11) is 11.1. The number of hydrogen-bond acceptors (Lipinski definition) is 9. The van der Waals surface area contributed by atoms with Crippen molar-refractivity contribution in [3.63, 3.8) is 0 Å². The number of rotatable bonds is 5. The molecule has 10 nitrogen and oxygen atoms in total. The van der Waals surface area contributed by atoms with E-state index in [1.54, 1.807) is 25.1 Å². The summed E-state index contributed by atoms with van der Waals surface area (Å²) in [5.41, 5.74) is 5.37. The number of likely N-dealkylation sites (tertiary alicyclic amines) is 1. The zero-order valence-electron chi connectivity index (χ0n) is 23.9. The number of benzene rings is 1. The van der Waals surface area contributed by atoms with E-state index in [0.717, 1.165) is 30.6 Å². The number of ketones is 1. The van der Waals surface area contributed by atoms with Crippen LogP contribution in [0.3, 0.4) is 0 Å². The maximum atomic E-state index is 14.1. The number of Topliss-reactive ketones (excluding diaryl/α,β-unsaturated/α-hetero) is 1. The predicted octanol–water partition coefficient (Wildman–Crippen LogP) is 0.675. The first-order chi connectivity index (χ1) is 18.7. The van der Waals surface area contributed by atoms with Crippen LogP contribution in [0.5, 0.6) is 5.75 Å². The van der Waals surface area contributed by atoms with Crippen molar-refractivity contribution in [2.45, 2.75) is 56.8 Å². The van der Waals surface area contributed by atoms with Gasteiger partial charge in [0.15, 0.2) is 0 Å². The monoisotopic (exact) mass is 550 g/mol. The second-order valence-electron chi connectivity index (χ2n) is 12.2. The normalized spacial score (nSPS) is 30.4. The number of hydrogen-bond donors (Lipinski definition) is 5. The number of amides is 1. The van der Waals surface area contributed by atoms with Gasteiger partial charge in [0.1, 0.15) is 0 Å². The third kappa shape index (κ3) is 3.93. The third-order valence-corrected chi connectivity index (χ3v) is 9.47. The molecular weight excluding hydrogens is 511 g/mol. The Morgan fingerprint density at radius 1 is 1.23 bits per heavy atom. The number of fused-ring (bicyclic) bond motifs is 3. The van der Waals surface area contributed by atoms with E-state index in [1.807, 2.05) is 19.0 Å². The molecule has 5 rings (SSSR count). The topological polar surface area (TPSA) is 151 Å². The van der Waals surface area contributed by atoms with E-state index < -0.39 is 40.9 Å². The van der Waals surface area contributed by atoms with Crippen LogP contribution in [-0.2, 0) is 17.8 Å². The van der Waals surface area contributed by atoms with Gasteiger partial charge in [-0.3, -0.25) is 0 Å². The van der Waals surface area contributed by atoms with Gasteiger partial charge in [0, 0.05) is 0 Å². The van der Waals surface area contributed by atoms with Crippen molar-refractivity contribution in [2.24, 2.45) is 17.6 Å². The number of likely N-dealkylation sites (N-methyl/N-ethyl adjacent to an activating group) is 1. The summed E-state index contributed by atoms with van der Waals surface area (Å²) < 4.78 is 0. The Balaban J connectivity index is 1.68. The van der Waals surface area contributed by atoms with E-state index in [1.165, 1.54) is 0 Å². The Morgan fingerprint density at radius 3 is 2.45 bits per heavy atom. The average Bonchev–Trinajstić information content (AvgIpc) is 3.24. The van der Waals surface area contributed by atoms with Crippen molar-refractivity contribution >= 4 is 30.3 Å². The molecule has 4 aliphatic rings. The van der Waals surface area contributed by atoms with Gasteiger partial charge in [-0.1, -0.05) is 0 Å². The second-order valence-corrected chi connectivity index (χ2v) is 12.2. The molecule has 11 heteroatoms. The van der Waals surface area contributed by atoms with Crippen molar-refractivity contribution in [1.29, 1.82) is 0 Å². The number of nitrogens with zero attached hydrogens (tertiary/aromatic N) is 3. The molecule has 0 aromatic heterocycles. The molecule has 6 N–H and O–H groups in total. The molecular formula is C29H39BN4O6. The Labute approximate surface area is 235 Å². The molecule has 40 heavy (non-hydrogen) atoms. The Kier molecular flexibility index (Phi) is 6.92. The van der Waals surface area contributed by atoms with Crippen LogP contribution in [0.1, 0.15) is 47.7 Å². The van der Waals surface area contributed by atoms with E-state index in [0.29, 0.717) is 24.6 Å². The Bertz CT molecular complexity index is 1380. The van der Waals surface area contributed by atoms with Crippen molar-refractivity contribution in [1.82, 2.24) is 9.80 Å². The number of allylic oxidation sites excluding steroid dienone is 1. The minimum absolute atomic E-state index is 0.00367. The van der Waals surface area contributed by atoms with Gasteiger partial charge in [-0.15, -0.1) is 0 Å². The zero-order valence-corrected chi connectivity index (χ0v) is 23.9. The summed E-state index contributed by atoms with van der Waals surface area (Å²) in [6.45, 7) is 3.80. The summed E-state index contributed by atoms with van der Waals surface area (Å²) in [6.07, 6.45) is 2.80. The van der Waals surface area contributed by atoms with Crippen LogP contribution in [-0.4, -0.2) is 107 Å². The molecule has 0 saturated carbocycles. The number of phenolic OH excluding ortho intramolecular Hbond substituents is 1. The number of nitrogens with two attached hydrogens (primary N) is 1. The van der Waals surface area contributed by atoms with Crippen molar-refractivity contribution in [3.8, 4) is 5.75 Å². The predicted molar refractivity (Wildman–Crippen MR) is 154 cm³/mol. The molecule has 214 valence electrons. The van der Waals surface area contributed by atoms with Crippen LogP contribution in [0, 0.1) is 11.8 Å². The fourth-order valence-corrected chi connectivity index (χ4v) is 7.66. The average molecular weight is 550 g/mol. The SMILES string of the molecule is B=C1C(C(N)=O)=C(O)[C@@H](N(C)C)[C@@H]2C[C@@H]3Cc4c(c(O)cc(CN5CCC[C@H]5C)c4N(C)C)C(=O)C3=C(O)[C@]12O. The number of primary amides is 1. The van der Waals surface area contributed by atoms with E-state index >= 15 is 0 Å². The van der Waals surface area contributed by atoms with Gasteiger partial charge in [-0.2, -0.15) is 0 Å². The number of phenols is 1. The molecule has 1 amide bonds. The van der Waals surface area contributed by atoms with E-state index in [-0.39, 0.29) is 40.1 Å². The first kappa shape index (κ1) is 28.4. The van der Waals surface area contributed by atoms with Crippen molar-refractivity contribution < 1.29 is 30.0 Å². The van der Waals surface area contributed by atoms with Crippen LogP contribution >= 0.6 is 0 Å². The number of carbonyl (C=O) groups excluding carboxylic acids is 2. The molecule has 1 aromatic rings. The molecule has 1 fully saturated rings. The van der Waals surface area contributed by atoms with Gasteiger partial charge in [0.2, 0.25) is 0 Å². The third-order valence-electron chi connectivity index (χ3n) is 9.47. The van der Waals surface area contributed by atoms with Crippen LogP contribution in [0.4, 0.5) is 5.69 Å². The van der Waals surface area contributed by atoms with Gasteiger partial charge in [0.25, 0.3) is 0 Å². The van der Waals surface area contributed by atoms with E-state index in [2.05, 4.69) is 19.3 Å². The van der Waals surface area contributed by atoms with Gasteiger partial charge in [0.05, 0.1) is 0 Å². The number of aliphatic hydroxyl groups excluding tert-OH is 2. The summed E-state index contributed by atoms with van der Waals surface area (Å²) in [4.78, 5) is 32.4. The Hall–Kier alpha value is -3.15. The molecule has 0 radical (unpaired) electrons. The van der Waals surface area contributed by atoms with Gasteiger partial charge < -0.3 is 0 Å². The quantitative estimate of drug-likeness (QED) is 0.334. The molecule has 1 heterocycles. The minimum atomic E-state index is -2.20.